The molecule has 21 heavy (non-hydrogen) atoms. The number of anilines is 1. The fraction of sp³-hybridized carbons (Fsp3) is 0.235. The average Bonchev–Trinajstić information content (AvgIpc) is 2.49. The number of carbonyl (C=O) groups is 1. The zero-order valence-electron chi connectivity index (χ0n) is 11.9. The molecule has 2 nitrogen and oxygen atoms in total. The molecule has 110 valence electrons. The van der Waals surface area contributed by atoms with Crippen LogP contribution in [0.4, 0.5) is 5.69 Å². The molecule has 0 unspecified atom stereocenters. The molecule has 0 spiro atoms. The summed E-state index contributed by atoms with van der Waals surface area (Å²) in [6.45, 7) is 2.18. The molecule has 0 heterocycles. The van der Waals surface area contributed by atoms with Crippen molar-refractivity contribution in [3.8, 4) is 0 Å². The van der Waals surface area contributed by atoms with Crippen molar-refractivity contribution in [2.75, 3.05) is 5.32 Å². The highest BCUT2D eigenvalue weighted by Crippen LogP contribution is 2.22. The van der Waals surface area contributed by atoms with E-state index in [1.54, 1.807) is 6.07 Å². The van der Waals surface area contributed by atoms with E-state index in [4.69, 9.17) is 0 Å². The normalized spacial score (nSPS) is 10.4. The number of benzene rings is 2. The first-order valence-corrected chi connectivity index (χ1v) is 8.23. The minimum absolute atomic E-state index is 0.140. The van der Waals surface area contributed by atoms with Gasteiger partial charge in [0.15, 0.2) is 0 Å². The van der Waals surface area contributed by atoms with Crippen LogP contribution in [0.15, 0.2) is 51.8 Å². The Morgan fingerprint density at radius 1 is 1.19 bits per heavy atom. The number of nitrogens with one attached hydrogen (secondary N) is 1. The van der Waals surface area contributed by atoms with Gasteiger partial charge in [0.1, 0.15) is 0 Å². The smallest absolute Gasteiger partial charge is 0.256 e. The number of rotatable bonds is 5. The summed E-state index contributed by atoms with van der Waals surface area (Å²) >= 11 is 7.66. The Bertz CT molecular complexity index is 625. The lowest BCUT2D eigenvalue weighted by Crippen LogP contribution is -2.12. The van der Waals surface area contributed by atoms with Gasteiger partial charge < -0.3 is 5.32 Å². The summed E-state index contributed by atoms with van der Waals surface area (Å²) in [5, 5.41) is 2.91. The van der Waals surface area contributed by atoms with Crippen LogP contribution in [0.3, 0.4) is 0 Å². The van der Waals surface area contributed by atoms with E-state index in [1.807, 2.05) is 24.3 Å². The summed E-state index contributed by atoms with van der Waals surface area (Å²) in [5.74, 6) is -0.140. The number of hydrogen-bond acceptors (Lipinski definition) is 2. The number of carbonyl (C=O) groups excluding carboxylic acids is 1. The van der Waals surface area contributed by atoms with Crippen LogP contribution in [0, 0.1) is 0 Å². The van der Waals surface area contributed by atoms with Crippen molar-refractivity contribution in [1.82, 2.24) is 0 Å². The molecule has 1 amide bonds. The van der Waals surface area contributed by atoms with Gasteiger partial charge in [0.2, 0.25) is 0 Å². The standard InChI is InChI=1S/C17H18BrNOS/c1-2-3-4-12-5-7-13(8-6-12)19-17(20)15-11-14(21)9-10-16(15)18/h5-11,21H,2-4H2,1H3,(H,19,20). The molecule has 2 rings (SSSR count). The Hall–Kier alpha value is -1.26. The highest BCUT2D eigenvalue weighted by molar-refractivity contribution is 9.10. The molecule has 0 aliphatic rings. The molecule has 0 aliphatic carbocycles. The SMILES string of the molecule is CCCCc1ccc(NC(=O)c2cc(S)ccc2Br)cc1. The lowest BCUT2D eigenvalue weighted by Gasteiger charge is -2.08. The van der Waals surface area contributed by atoms with Gasteiger partial charge in [-0.3, -0.25) is 4.79 Å². The van der Waals surface area contributed by atoms with Crippen LogP contribution >= 0.6 is 28.6 Å². The molecule has 0 bridgehead atoms. The zero-order chi connectivity index (χ0) is 15.2. The van der Waals surface area contributed by atoms with E-state index in [1.165, 1.54) is 18.4 Å². The molecule has 0 saturated carbocycles. The minimum Gasteiger partial charge on any atom is -0.322 e. The van der Waals surface area contributed by atoms with E-state index in [0.29, 0.717) is 5.56 Å². The summed E-state index contributed by atoms with van der Waals surface area (Å²) in [5.41, 5.74) is 2.68. The second-order valence-electron chi connectivity index (χ2n) is 4.92. The van der Waals surface area contributed by atoms with Gasteiger partial charge in [-0.05, 0) is 64.7 Å². The Kier molecular flexibility index (Phi) is 5.88. The van der Waals surface area contributed by atoms with Crippen molar-refractivity contribution in [2.24, 2.45) is 0 Å². The Labute approximate surface area is 139 Å². The Morgan fingerprint density at radius 3 is 2.57 bits per heavy atom. The molecule has 2 aromatic rings. The maximum absolute atomic E-state index is 12.3. The first-order chi connectivity index (χ1) is 10.1. The molecule has 2 aromatic carbocycles. The zero-order valence-corrected chi connectivity index (χ0v) is 14.4. The summed E-state index contributed by atoms with van der Waals surface area (Å²) in [7, 11) is 0. The molecule has 1 N–H and O–H groups in total. The van der Waals surface area contributed by atoms with Gasteiger partial charge in [0, 0.05) is 15.1 Å². The van der Waals surface area contributed by atoms with Crippen molar-refractivity contribution in [2.45, 2.75) is 31.1 Å². The second-order valence-corrected chi connectivity index (χ2v) is 6.29. The summed E-state index contributed by atoms with van der Waals surface area (Å²) in [6.07, 6.45) is 3.46. The Balaban J connectivity index is 2.07. The number of thiol groups is 1. The third kappa shape index (κ3) is 4.61. The van der Waals surface area contributed by atoms with Crippen molar-refractivity contribution < 1.29 is 4.79 Å². The Morgan fingerprint density at radius 2 is 1.90 bits per heavy atom. The van der Waals surface area contributed by atoms with E-state index >= 15 is 0 Å². The molecule has 0 aliphatic heterocycles. The number of aryl methyl sites for hydroxylation is 1. The van der Waals surface area contributed by atoms with Gasteiger partial charge in [-0.1, -0.05) is 25.5 Å². The van der Waals surface area contributed by atoms with E-state index < -0.39 is 0 Å². The molecular formula is C17H18BrNOS. The first-order valence-electron chi connectivity index (χ1n) is 6.99. The number of unbranched alkanes of at least 4 members (excludes halogenated alkanes) is 1. The van der Waals surface area contributed by atoms with E-state index in [2.05, 4.69) is 52.9 Å². The van der Waals surface area contributed by atoms with Crippen LogP contribution < -0.4 is 5.32 Å². The maximum atomic E-state index is 12.3. The maximum Gasteiger partial charge on any atom is 0.256 e. The highest BCUT2D eigenvalue weighted by atomic mass is 79.9. The van der Waals surface area contributed by atoms with Crippen LogP contribution in [-0.2, 0) is 6.42 Å². The predicted octanol–water partition coefficient (Wildman–Crippen LogP) is 5.33. The predicted molar refractivity (Wildman–Crippen MR) is 94.4 cm³/mol. The van der Waals surface area contributed by atoms with Crippen LogP contribution in [0.5, 0.6) is 0 Å². The lowest BCUT2D eigenvalue weighted by molar-refractivity contribution is 0.102. The fourth-order valence-corrected chi connectivity index (χ4v) is 2.65. The van der Waals surface area contributed by atoms with Crippen LogP contribution in [0.25, 0.3) is 0 Å². The number of amides is 1. The van der Waals surface area contributed by atoms with E-state index in [0.717, 1.165) is 21.5 Å². The van der Waals surface area contributed by atoms with Gasteiger partial charge >= 0.3 is 0 Å². The van der Waals surface area contributed by atoms with Gasteiger partial charge in [0.25, 0.3) is 5.91 Å². The van der Waals surface area contributed by atoms with Crippen molar-refractivity contribution in [1.29, 1.82) is 0 Å². The van der Waals surface area contributed by atoms with Gasteiger partial charge in [-0.25, -0.2) is 0 Å². The lowest BCUT2D eigenvalue weighted by atomic mass is 10.1. The summed E-state index contributed by atoms with van der Waals surface area (Å²) in [4.78, 5) is 13.0. The quantitative estimate of drug-likeness (QED) is 0.690. The van der Waals surface area contributed by atoms with Gasteiger partial charge in [0.05, 0.1) is 5.56 Å². The molecule has 0 fully saturated rings. The average molecular weight is 364 g/mol. The first kappa shape index (κ1) is 16.1. The second kappa shape index (κ2) is 7.66. The third-order valence-electron chi connectivity index (χ3n) is 3.23. The molecule has 0 atom stereocenters. The number of halogens is 1. The van der Waals surface area contributed by atoms with Crippen LogP contribution in [-0.4, -0.2) is 5.91 Å². The van der Waals surface area contributed by atoms with Crippen molar-refractivity contribution in [3.63, 3.8) is 0 Å². The third-order valence-corrected chi connectivity index (χ3v) is 4.20. The molecule has 0 radical (unpaired) electrons. The molecule has 0 aromatic heterocycles. The van der Waals surface area contributed by atoms with Crippen molar-refractivity contribution in [3.05, 3.63) is 58.1 Å². The highest BCUT2D eigenvalue weighted by Gasteiger charge is 2.10. The largest absolute Gasteiger partial charge is 0.322 e. The van der Waals surface area contributed by atoms with E-state index in [-0.39, 0.29) is 5.91 Å². The number of hydrogen-bond donors (Lipinski definition) is 2. The fourth-order valence-electron chi connectivity index (χ4n) is 2.02. The van der Waals surface area contributed by atoms with Crippen molar-refractivity contribution >= 4 is 40.2 Å². The van der Waals surface area contributed by atoms with Gasteiger partial charge in [-0.15, -0.1) is 12.6 Å². The topological polar surface area (TPSA) is 29.1 Å². The van der Waals surface area contributed by atoms with E-state index in [9.17, 15) is 4.79 Å². The molecule has 0 saturated heterocycles. The summed E-state index contributed by atoms with van der Waals surface area (Å²) in [6, 6.07) is 13.4. The summed E-state index contributed by atoms with van der Waals surface area (Å²) < 4.78 is 0.761. The monoisotopic (exact) mass is 363 g/mol. The van der Waals surface area contributed by atoms with Crippen LogP contribution in [0.1, 0.15) is 35.7 Å². The molecular weight excluding hydrogens is 346 g/mol. The van der Waals surface area contributed by atoms with Gasteiger partial charge in [-0.2, -0.15) is 0 Å². The van der Waals surface area contributed by atoms with Crippen LogP contribution in [0.2, 0.25) is 0 Å². The molecule has 4 heteroatoms. The minimum atomic E-state index is -0.140.